The van der Waals surface area contributed by atoms with Gasteiger partial charge >= 0.3 is 0 Å². The topological polar surface area (TPSA) is 59.4 Å². The number of rotatable bonds is 4. The minimum absolute atomic E-state index is 0.0253. The summed E-state index contributed by atoms with van der Waals surface area (Å²) in [5, 5.41) is 3.72. The van der Waals surface area contributed by atoms with Gasteiger partial charge in [-0.2, -0.15) is 0 Å². The van der Waals surface area contributed by atoms with E-state index in [0.29, 0.717) is 6.04 Å². The number of aryl methyl sites for hydroxylation is 1. The second-order valence-corrected chi connectivity index (χ2v) is 7.78. The van der Waals surface area contributed by atoms with E-state index in [2.05, 4.69) is 35.5 Å². The summed E-state index contributed by atoms with van der Waals surface area (Å²) in [6.45, 7) is 2.21. The van der Waals surface area contributed by atoms with E-state index in [0.717, 1.165) is 67.8 Å². The van der Waals surface area contributed by atoms with Crippen molar-refractivity contribution in [1.82, 2.24) is 9.97 Å². The molecule has 138 valence electrons. The molecule has 0 spiro atoms. The summed E-state index contributed by atoms with van der Waals surface area (Å²) in [6.07, 6.45) is 17.7. The van der Waals surface area contributed by atoms with Crippen molar-refractivity contribution in [3.63, 3.8) is 0 Å². The Morgan fingerprint density at radius 2 is 2.04 bits per heavy atom. The molecule has 2 aliphatic carbocycles. The number of aliphatic imine (C=N–C) groups is 1. The Hall–Kier alpha value is -2.01. The summed E-state index contributed by atoms with van der Waals surface area (Å²) in [5.41, 5.74) is 2.34. The largest absolute Gasteiger partial charge is 0.379 e. The summed E-state index contributed by atoms with van der Waals surface area (Å²) in [7, 11) is 1.82. The lowest BCUT2D eigenvalue weighted by Gasteiger charge is -2.37. The maximum absolute atomic E-state index is 5.68. The van der Waals surface area contributed by atoms with Gasteiger partial charge in [-0.1, -0.05) is 18.2 Å². The maximum Gasteiger partial charge on any atom is 0.155 e. The molecule has 2 heterocycles. The van der Waals surface area contributed by atoms with Gasteiger partial charge in [0.1, 0.15) is 11.9 Å². The van der Waals surface area contributed by atoms with Crippen molar-refractivity contribution in [2.75, 3.05) is 12.4 Å². The molecule has 1 aliphatic heterocycles. The Bertz CT molecular complexity index is 745. The molecule has 1 atom stereocenters. The number of nitrogens with one attached hydrogen (secondary N) is 1. The van der Waals surface area contributed by atoms with Crippen LogP contribution in [0.2, 0.25) is 0 Å². The zero-order valence-corrected chi connectivity index (χ0v) is 15.7. The molecule has 1 saturated carbocycles. The molecule has 1 fully saturated rings. The molecule has 1 N–H and O–H groups in total. The molecule has 0 saturated heterocycles. The highest BCUT2D eigenvalue weighted by Gasteiger charge is 2.31. The third-order valence-corrected chi connectivity index (χ3v) is 5.90. The van der Waals surface area contributed by atoms with Crippen LogP contribution in [0.4, 0.5) is 5.82 Å². The zero-order valence-electron chi connectivity index (χ0n) is 15.7. The Kier molecular flexibility index (Phi) is 4.90. The fraction of sp³-hybridized carbons (Fsp3) is 0.571. The maximum atomic E-state index is 5.68. The Morgan fingerprint density at radius 1 is 1.19 bits per heavy atom. The lowest BCUT2D eigenvalue weighted by molar-refractivity contribution is -0.0252. The van der Waals surface area contributed by atoms with Crippen molar-refractivity contribution in [2.24, 2.45) is 4.99 Å². The third-order valence-electron chi connectivity index (χ3n) is 5.90. The number of methoxy groups -OCH3 is 1. The van der Waals surface area contributed by atoms with Crippen LogP contribution in [0, 0.1) is 0 Å². The number of hydrogen-bond donors (Lipinski definition) is 1. The molecule has 3 aliphatic rings. The van der Waals surface area contributed by atoms with Gasteiger partial charge in [-0.25, -0.2) is 9.97 Å². The molecule has 0 bridgehead atoms. The number of fused-ring (bicyclic) bond motifs is 1. The lowest BCUT2D eigenvalue weighted by Crippen LogP contribution is -2.37. The Morgan fingerprint density at radius 3 is 2.77 bits per heavy atom. The number of aromatic nitrogens is 2. The van der Waals surface area contributed by atoms with Gasteiger partial charge in [0.2, 0.25) is 0 Å². The smallest absolute Gasteiger partial charge is 0.155 e. The summed E-state index contributed by atoms with van der Waals surface area (Å²) < 4.78 is 5.68. The van der Waals surface area contributed by atoms with Crippen LogP contribution in [0.3, 0.4) is 0 Å². The van der Waals surface area contributed by atoms with Crippen LogP contribution in [-0.4, -0.2) is 34.9 Å². The normalized spacial score (nSPS) is 30.2. The predicted molar refractivity (Wildman–Crippen MR) is 106 cm³/mol. The van der Waals surface area contributed by atoms with Crippen molar-refractivity contribution < 1.29 is 4.74 Å². The van der Waals surface area contributed by atoms with Crippen LogP contribution >= 0.6 is 0 Å². The van der Waals surface area contributed by atoms with Crippen molar-refractivity contribution in [3.8, 4) is 0 Å². The van der Waals surface area contributed by atoms with Crippen molar-refractivity contribution in [3.05, 3.63) is 35.3 Å². The number of allylic oxidation sites excluding steroid dienone is 2. The molecule has 26 heavy (non-hydrogen) atoms. The molecule has 0 radical (unpaired) electrons. The number of hydrogen-bond acceptors (Lipinski definition) is 5. The van der Waals surface area contributed by atoms with E-state index in [9.17, 15) is 0 Å². The van der Waals surface area contributed by atoms with Crippen LogP contribution in [-0.2, 0) is 11.2 Å². The van der Waals surface area contributed by atoms with E-state index < -0.39 is 0 Å². The molecule has 0 amide bonds. The van der Waals surface area contributed by atoms with Crippen molar-refractivity contribution in [1.29, 1.82) is 0 Å². The van der Waals surface area contributed by atoms with Gasteiger partial charge in [-0.15, -0.1) is 0 Å². The summed E-state index contributed by atoms with van der Waals surface area (Å²) in [4.78, 5) is 14.3. The van der Waals surface area contributed by atoms with Crippen molar-refractivity contribution in [2.45, 2.75) is 69.6 Å². The first-order chi connectivity index (χ1) is 12.7. The van der Waals surface area contributed by atoms with Gasteiger partial charge in [0, 0.05) is 24.9 Å². The van der Waals surface area contributed by atoms with Gasteiger partial charge in [0.05, 0.1) is 11.3 Å². The number of nitrogens with zero attached hydrogens (tertiary/aromatic N) is 3. The molecular weight excluding hydrogens is 324 g/mol. The van der Waals surface area contributed by atoms with Crippen LogP contribution in [0.25, 0.3) is 6.08 Å². The van der Waals surface area contributed by atoms with Crippen LogP contribution in [0.5, 0.6) is 0 Å². The average Bonchev–Trinajstić information content (AvgIpc) is 2.70. The molecular formula is C21H28N4O. The summed E-state index contributed by atoms with van der Waals surface area (Å²) in [5.74, 6) is 1.83. The van der Waals surface area contributed by atoms with Crippen LogP contribution < -0.4 is 5.32 Å². The molecule has 4 rings (SSSR count). The van der Waals surface area contributed by atoms with E-state index in [1.54, 1.807) is 0 Å². The first-order valence-electron chi connectivity index (χ1n) is 9.74. The van der Waals surface area contributed by atoms with E-state index in [1.165, 1.54) is 0 Å². The van der Waals surface area contributed by atoms with Gasteiger partial charge in [-0.3, -0.25) is 4.99 Å². The van der Waals surface area contributed by atoms with Gasteiger partial charge in [-0.05, 0) is 57.9 Å². The summed E-state index contributed by atoms with van der Waals surface area (Å²) in [6, 6.07) is 0.482. The molecule has 1 aromatic heterocycles. The molecule has 0 aromatic carbocycles. The standard InChI is InChI=1S/C21H28N4O/c1-21(26-2)12-10-15(11-13-21)23-19-16-7-3-4-8-17(16)24-20(25-19)18-9-5-6-14-22-18/h3,5-7,14-15,18H,4,8-13H2,1-2H3,(H,23,24,25). The fourth-order valence-corrected chi connectivity index (χ4v) is 4.01. The van der Waals surface area contributed by atoms with Crippen molar-refractivity contribution >= 4 is 18.1 Å². The fourth-order valence-electron chi connectivity index (χ4n) is 4.01. The molecule has 1 aromatic rings. The first-order valence-corrected chi connectivity index (χ1v) is 9.74. The predicted octanol–water partition coefficient (Wildman–Crippen LogP) is 4.27. The number of dihydropyridines is 1. The minimum atomic E-state index is 0.0253. The highest BCUT2D eigenvalue weighted by atomic mass is 16.5. The van der Waals surface area contributed by atoms with E-state index >= 15 is 0 Å². The SMILES string of the molecule is COC1(C)CCC(Nc2nc(C3CC=CC=N3)nc3c2C=CCC3)CC1. The highest BCUT2D eigenvalue weighted by molar-refractivity contribution is 5.72. The first kappa shape index (κ1) is 17.4. The molecule has 5 nitrogen and oxygen atoms in total. The average molecular weight is 352 g/mol. The zero-order chi connectivity index (χ0) is 18.0. The number of ether oxygens (including phenoxy) is 1. The van der Waals surface area contributed by atoms with Gasteiger partial charge in [0.25, 0.3) is 0 Å². The van der Waals surface area contributed by atoms with E-state index in [4.69, 9.17) is 14.7 Å². The second-order valence-electron chi connectivity index (χ2n) is 7.78. The van der Waals surface area contributed by atoms with Gasteiger partial charge in [0.15, 0.2) is 5.82 Å². The second kappa shape index (κ2) is 7.31. The van der Waals surface area contributed by atoms with Crippen LogP contribution in [0.15, 0.2) is 23.2 Å². The lowest BCUT2D eigenvalue weighted by atomic mass is 9.83. The number of anilines is 1. The van der Waals surface area contributed by atoms with Gasteiger partial charge < -0.3 is 10.1 Å². The third kappa shape index (κ3) is 3.58. The van der Waals surface area contributed by atoms with E-state index in [-0.39, 0.29) is 11.6 Å². The molecule has 5 heteroatoms. The minimum Gasteiger partial charge on any atom is -0.379 e. The Labute approximate surface area is 155 Å². The van der Waals surface area contributed by atoms with Crippen LogP contribution in [0.1, 0.15) is 68.6 Å². The summed E-state index contributed by atoms with van der Waals surface area (Å²) >= 11 is 0. The highest BCUT2D eigenvalue weighted by Crippen LogP contribution is 2.34. The molecule has 1 unspecified atom stereocenters. The van der Waals surface area contributed by atoms with E-state index in [1.807, 2.05) is 19.4 Å². The Balaban J connectivity index is 1.58. The monoisotopic (exact) mass is 352 g/mol. The quantitative estimate of drug-likeness (QED) is 0.879.